The van der Waals surface area contributed by atoms with Gasteiger partial charge in [0.15, 0.2) is 11.0 Å². The lowest BCUT2D eigenvalue weighted by Crippen LogP contribution is -2.15. The molecule has 0 aliphatic heterocycles. The van der Waals surface area contributed by atoms with Crippen molar-refractivity contribution in [3.05, 3.63) is 70.0 Å². The smallest absolute Gasteiger partial charge is 0.271 e. The van der Waals surface area contributed by atoms with Crippen molar-refractivity contribution < 1.29 is 14.5 Å². The van der Waals surface area contributed by atoms with Crippen molar-refractivity contribution in [3.8, 4) is 5.75 Å². The van der Waals surface area contributed by atoms with Crippen LogP contribution in [0.1, 0.15) is 18.3 Å². The number of anilines is 1. The van der Waals surface area contributed by atoms with Crippen LogP contribution in [0, 0.1) is 17.0 Å². The summed E-state index contributed by atoms with van der Waals surface area (Å²) < 4.78 is 7.66. The van der Waals surface area contributed by atoms with Crippen molar-refractivity contribution in [1.82, 2.24) is 14.8 Å². The first-order valence-electron chi connectivity index (χ1n) is 9.25. The number of hydrogen-bond acceptors (Lipinski definition) is 7. The molecule has 0 fully saturated rings. The van der Waals surface area contributed by atoms with E-state index in [0.29, 0.717) is 23.2 Å². The predicted molar refractivity (Wildman–Crippen MR) is 114 cm³/mol. The fourth-order valence-corrected chi connectivity index (χ4v) is 3.48. The van der Waals surface area contributed by atoms with Crippen molar-refractivity contribution >= 4 is 29.0 Å². The second-order valence-corrected chi connectivity index (χ2v) is 7.33. The van der Waals surface area contributed by atoms with E-state index in [1.54, 1.807) is 6.07 Å². The monoisotopic (exact) mass is 427 g/mol. The second kappa shape index (κ2) is 9.88. The summed E-state index contributed by atoms with van der Waals surface area (Å²) in [5, 5.41) is 22.4. The molecule has 10 heteroatoms. The Hall–Kier alpha value is -3.40. The molecule has 0 aliphatic rings. The third-order valence-corrected chi connectivity index (χ3v) is 5.14. The van der Waals surface area contributed by atoms with E-state index in [4.69, 9.17) is 4.74 Å². The maximum atomic E-state index is 12.2. The number of amides is 1. The minimum Gasteiger partial charge on any atom is -0.486 e. The molecule has 0 bridgehead atoms. The molecule has 9 nitrogen and oxygen atoms in total. The number of nitrogens with zero attached hydrogens (tertiary/aromatic N) is 4. The van der Waals surface area contributed by atoms with Crippen LogP contribution in [0.4, 0.5) is 11.4 Å². The molecule has 0 aliphatic carbocycles. The number of carbonyl (C=O) groups excluding carboxylic acids is 1. The van der Waals surface area contributed by atoms with E-state index in [2.05, 4.69) is 15.5 Å². The van der Waals surface area contributed by atoms with Crippen LogP contribution in [0.5, 0.6) is 5.75 Å². The molecule has 1 N–H and O–H groups in total. The Morgan fingerprint density at radius 3 is 2.70 bits per heavy atom. The van der Waals surface area contributed by atoms with E-state index in [0.717, 1.165) is 11.3 Å². The Labute approximate surface area is 177 Å². The number of ether oxygens (including phenoxy) is 1. The minimum atomic E-state index is -0.506. The molecule has 0 atom stereocenters. The quantitative estimate of drug-likeness (QED) is 0.314. The van der Waals surface area contributed by atoms with Crippen LogP contribution in [-0.2, 0) is 17.9 Å². The van der Waals surface area contributed by atoms with Gasteiger partial charge >= 0.3 is 0 Å². The molecule has 1 heterocycles. The molecule has 1 amide bonds. The lowest BCUT2D eigenvalue weighted by molar-refractivity contribution is -0.384. The van der Waals surface area contributed by atoms with Gasteiger partial charge in [0.2, 0.25) is 5.91 Å². The Balaban J connectivity index is 1.57. The Kier molecular flexibility index (Phi) is 7.02. The lowest BCUT2D eigenvalue weighted by atomic mass is 10.2. The number of nitrogens with one attached hydrogen (secondary N) is 1. The number of aromatic nitrogens is 3. The number of aryl methyl sites for hydroxylation is 1. The molecule has 0 spiro atoms. The molecular formula is C20H21N5O4S. The van der Waals surface area contributed by atoms with Crippen LogP contribution in [0.15, 0.2) is 53.7 Å². The zero-order valence-corrected chi connectivity index (χ0v) is 17.4. The van der Waals surface area contributed by atoms with Crippen LogP contribution < -0.4 is 10.1 Å². The van der Waals surface area contributed by atoms with E-state index in [9.17, 15) is 14.9 Å². The summed E-state index contributed by atoms with van der Waals surface area (Å²) in [6.07, 6.45) is 0. The summed E-state index contributed by atoms with van der Waals surface area (Å²) in [4.78, 5) is 22.6. The van der Waals surface area contributed by atoms with Gasteiger partial charge in [-0.15, -0.1) is 10.2 Å². The van der Waals surface area contributed by atoms with E-state index in [-0.39, 0.29) is 24.0 Å². The number of thioether (sulfide) groups is 1. The third kappa shape index (κ3) is 5.57. The average Bonchev–Trinajstić information content (AvgIpc) is 3.14. The van der Waals surface area contributed by atoms with Crippen LogP contribution in [0.3, 0.4) is 0 Å². The van der Waals surface area contributed by atoms with Crippen LogP contribution in [0.25, 0.3) is 0 Å². The summed E-state index contributed by atoms with van der Waals surface area (Å²) in [6.45, 7) is 4.88. The van der Waals surface area contributed by atoms with Gasteiger partial charge in [-0.2, -0.15) is 0 Å². The highest BCUT2D eigenvalue weighted by molar-refractivity contribution is 7.99. The van der Waals surface area contributed by atoms with Gasteiger partial charge in [-0.1, -0.05) is 35.5 Å². The zero-order chi connectivity index (χ0) is 21.5. The molecule has 1 aromatic heterocycles. The molecule has 2 aromatic carbocycles. The lowest BCUT2D eigenvalue weighted by Gasteiger charge is -2.09. The standard InChI is InChI=1S/C20H21N5O4S/c1-3-24-18(12-29-17-9-7-14(2)8-10-17)22-23-20(24)30-13-19(26)21-15-5-4-6-16(11-15)25(27)28/h4-11H,3,12-13H2,1-2H3,(H,21,26). The molecule has 156 valence electrons. The highest BCUT2D eigenvalue weighted by Gasteiger charge is 2.14. The highest BCUT2D eigenvalue weighted by Crippen LogP contribution is 2.21. The number of nitro benzene ring substituents is 1. The maximum Gasteiger partial charge on any atom is 0.271 e. The normalized spacial score (nSPS) is 10.6. The molecular weight excluding hydrogens is 406 g/mol. The van der Waals surface area contributed by atoms with Gasteiger partial charge in [-0.3, -0.25) is 14.9 Å². The van der Waals surface area contributed by atoms with Crippen molar-refractivity contribution in [2.75, 3.05) is 11.1 Å². The van der Waals surface area contributed by atoms with Gasteiger partial charge in [-0.25, -0.2) is 0 Å². The summed E-state index contributed by atoms with van der Waals surface area (Å²) >= 11 is 1.24. The van der Waals surface area contributed by atoms with Crippen molar-refractivity contribution in [1.29, 1.82) is 0 Å². The molecule has 3 rings (SSSR count). The molecule has 0 radical (unpaired) electrons. The number of non-ortho nitro benzene ring substituents is 1. The van der Waals surface area contributed by atoms with Gasteiger partial charge in [0.1, 0.15) is 12.4 Å². The van der Waals surface area contributed by atoms with Crippen molar-refractivity contribution in [2.45, 2.75) is 32.2 Å². The van der Waals surface area contributed by atoms with Gasteiger partial charge in [0.25, 0.3) is 5.69 Å². The summed E-state index contributed by atoms with van der Waals surface area (Å²) in [6, 6.07) is 13.6. The molecule has 0 saturated heterocycles. The van der Waals surface area contributed by atoms with Crippen LogP contribution in [0.2, 0.25) is 0 Å². The molecule has 3 aromatic rings. The molecule has 0 unspecified atom stereocenters. The topological polar surface area (TPSA) is 112 Å². The number of nitro groups is 1. The fourth-order valence-electron chi connectivity index (χ4n) is 2.66. The first kappa shape index (κ1) is 21.3. The number of hydrogen-bond donors (Lipinski definition) is 1. The fraction of sp³-hybridized carbons (Fsp3) is 0.250. The van der Waals surface area contributed by atoms with E-state index in [1.807, 2.05) is 42.7 Å². The highest BCUT2D eigenvalue weighted by atomic mass is 32.2. The van der Waals surface area contributed by atoms with Crippen LogP contribution >= 0.6 is 11.8 Å². The van der Waals surface area contributed by atoms with Crippen molar-refractivity contribution in [2.24, 2.45) is 0 Å². The van der Waals surface area contributed by atoms with E-state index < -0.39 is 4.92 Å². The van der Waals surface area contributed by atoms with Gasteiger partial charge in [0, 0.05) is 24.4 Å². The number of rotatable bonds is 9. The second-order valence-electron chi connectivity index (χ2n) is 6.39. The SMILES string of the molecule is CCn1c(COc2ccc(C)cc2)nnc1SCC(=O)Nc1cccc([N+](=O)[O-])c1. The zero-order valence-electron chi connectivity index (χ0n) is 16.6. The average molecular weight is 427 g/mol. The largest absolute Gasteiger partial charge is 0.486 e. The Morgan fingerprint density at radius 1 is 1.23 bits per heavy atom. The van der Waals surface area contributed by atoms with Gasteiger partial charge < -0.3 is 14.6 Å². The summed E-state index contributed by atoms with van der Waals surface area (Å²) in [5.74, 6) is 1.22. The Morgan fingerprint density at radius 2 is 2.00 bits per heavy atom. The van der Waals surface area contributed by atoms with E-state index in [1.165, 1.54) is 30.0 Å². The number of benzene rings is 2. The van der Waals surface area contributed by atoms with Gasteiger partial charge in [0.05, 0.1) is 10.7 Å². The maximum absolute atomic E-state index is 12.2. The third-order valence-electron chi connectivity index (χ3n) is 4.17. The molecule has 0 saturated carbocycles. The first-order valence-corrected chi connectivity index (χ1v) is 10.2. The number of carbonyl (C=O) groups is 1. The summed E-state index contributed by atoms with van der Waals surface area (Å²) in [7, 11) is 0. The van der Waals surface area contributed by atoms with Crippen LogP contribution in [-0.4, -0.2) is 31.3 Å². The van der Waals surface area contributed by atoms with E-state index >= 15 is 0 Å². The summed E-state index contributed by atoms with van der Waals surface area (Å²) in [5.41, 5.74) is 1.45. The minimum absolute atomic E-state index is 0.0793. The Bertz CT molecular complexity index is 1040. The van der Waals surface area contributed by atoms with Gasteiger partial charge in [-0.05, 0) is 32.0 Å². The van der Waals surface area contributed by atoms with Crippen molar-refractivity contribution in [3.63, 3.8) is 0 Å². The predicted octanol–water partition coefficient (Wildman–Crippen LogP) is 3.82. The molecule has 30 heavy (non-hydrogen) atoms. The first-order chi connectivity index (χ1) is 14.5.